The number of ether oxygens (including phenoxy) is 1. The predicted molar refractivity (Wildman–Crippen MR) is 87.0 cm³/mol. The zero-order chi connectivity index (χ0) is 15.4. The first-order valence-electron chi connectivity index (χ1n) is 7.47. The molecule has 0 aliphatic carbocycles. The molecule has 0 spiro atoms. The molecule has 3 rings (SSSR count). The van der Waals surface area contributed by atoms with Crippen LogP contribution in [0, 0.1) is 6.92 Å². The van der Waals surface area contributed by atoms with Crippen molar-refractivity contribution in [3.63, 3.8) is 0 Å². The number of fused-ring (bicyclic) bond motifs is 1. The van der Waals surface area contributed by atoms with Gasteiger partial charge >= 0.3 is 0 Å². The number of nitrogens with zero attached hydrogens (tertiary/aromatic N) is 3. The van der Waals surface area contributed by atoms with E-state index in [9.17, 15) is 0 Å². The van der Waals surface area contributed by atoms with Crippen LogP contribution in [0.5, 0.6) is 5.75 Å². The van der Waals surface area contributed by atoms with Crippen LogP contribution in [0.2, 0.25) is 0 Å². The summed E-state index contributed by atoms with van der Waals surface area (Å²) in [5, 5.41) is 0. The molecule has 5 heteroatoms. The fourth-order valence-corrected chi connectivity index (χ4v) is 2.44. The van der Waals surface area contributed by atoms with Crippen molar-refractivity contribution in [1.82, 2.24) is 14.5 Å². The summed E-state index contributed by atoms with van der Waals surface area (Å²) >= 11 is 0. The third-order valence-electron chi connectivity index (χ3n) is 3.71. The first kappa shape index (κ1) is 14.5. The highest BCUT2D eigenvalue weighted by Gasteiger charge is 2.09. The third-order valence-corrected chi connectivity index (χ3v) is 3.71. The Bertz CT molecular complexity index is 766. The van der Waals surface area contributed by atoms with Crippen molar-refractivity contribution in [3.05, 3.63) is 54.1 Å². The summed E-state index contributed by atoms with van der Waals surface area (Å²) in [6, 6.07) is 10.0. The van der Waals surface area contributed by atoms with Gasteiger partial charge in [-0.3, -0.25) is 4.98 Å². The first-order chi connectivity index (χ1) is 10.8. The van der Waals surface area contributed by atoms with Crippen LogP contribution < -0.4 is 10.5 Å². The molecule has 0 atom stereocenters. The molecule has 0 amide bonds. The van der Waals surface area contributed by atoms with Gasteiger partial charge in [0.15, 0.2) is 0 Å². The molecule has 0 aliphatic heterocycles. The Morgan fingerprint density at radius 1 is 1.18 bits per heavy atom. The van der Waals surface area contributed by atoms with E-state index in [1.807, 2.05) is 37.5 Å². The van der Waals surface area contributed by atoms with E-state index < -0.39 is 0 Å². The first-order valence-corrected chi connectivity index (χ1v) is 7.47. The Labute approximate surface area is 129 Å². The van der Waals surface area contributed by atoms with Crippen LogP contribution in [0.4, 0.5) is 0 Å². The minimum atomic E-state index is 0.634. The summed E-state index contributed by atoms with van der Waals surface area (Å²) in [6.45, 7) is 3.99. The normalized spacial score (nSPS) is 11.0. The highest BCUT2D eigenvalue weighted by molar-refractivity contribution is 5.75. The van der Waals surface area contributed by atoms with Gasteiger partial charge in [0.2, 0.25) is 0 Å². The number of benzene rings is 1. The van der Waals surface area contributed by atoms with Crippen molar-refractivity contribution in [2.24, 2.45) is 5.73 Å². The molecule has 114 valence electrons. The van der Waals surface area contributed by atoms with E-state index in [2.05, 4.69) is 20.6 Å². The molecular formula is C17H20N4O. The second kappa shape index (κ2) is 6.58. The van der Waals surface area contributed by atoms with E-state index in [1.54, 1.807) is 6.20 Å². The number of hydrogen-bond acceptors (Lipinski definition) is 4. The smallest absolute Gasteiger partial charge is 0.125 e. The van der Waals surface area contributed by atoms with Gasteiger partial charge in [0.25, 0.3) is 0 Å². The number of hydrogen-bond donors (Lipinski definition) is 1. The molecule has 0 bridgehead atoms. The second-order valence-corrected chi connectivity index (χ2v) is 5.23. The monoisotopic (exact) mass is 296 g/mol. The molecule has 0 aliphatic rings. The summed E-state index contributed by atoms with van der Waals surface area (Å²) in [7, 11) is 0. The van der Waals surface area contributed by atoms with Crippen molar-refractivity contribution >= 4 is 11.0 Å². The lowest BCUT2D eigenvalue weighted by atomic mass is 10.2. The van der Waals surface area contributed by atoms with Gasteiger partial charge in [-0.2, -0.15) is 0 Å². The SMILES string of the molecule is Cc1c(OCCCN)ccnc1Cn1cnc2ccccc21. The zero-order valence-corrected chi connectivity index (χ0v) is 12.7. The Kier molecular flexibility index (Phi) is 4.34. The fraction of sp³-hybridized carbons (Fsp3) is 0.294. The van der Waals surface area contributed by atoms with Crippen molar-refractivity contribution < 1.29 is 4.74 Å². The van der Waals surface area contributed by atoms with Gasteiger partial charge < -0.3 is 15.0 Å². The number of rotatable bonds is 6. The van der Waals surface area contributed by atoms with Crippen molar-refractivity contribution in [2.75, 3.05) is 13.2 Å². The van der Waals surface area contributed by atoms with Crippen LogP contribution in [0.15, 0.2) is 42.9 Å². The lowest BCUT2D eigenvalue weighted by molar-refractivity contribution is 0.310. The number of imidazole rings is 1. The minimum Gasteiger partial charge on any atom is -0.493 e. The van der Waals surface area contributed by atoms with Gasteiger partial charge in [-0.25, -0.2) is 4.98 Å². The highest BCUT2D eigenvalue weighted by Crippen LogP contribution is 2.21. The molecule has 3 aromatic rings. The van der Waals surface area contributed by atoms with Gasteiger partial charge in [-0.05, 0) is 38.1 Å². The summed E-state index contributed by atoms with van der Waals surface area (Å²) in [5.41, 5.74) is 9.67. The number of para-hydroxylation sites is 2. The quantitative estimate of drug-likeness (QED) is 0.710. The molecule has 2 aromatic heterocycles. The van der Waals surface area contributed by atoms with E-state index in [0.717, 1.165) is 34.5 Å². The van der Waals surface area contributed by atoms with Gasteiger partial charge in [0.1, 0.15) is 5.75 Å². The molecule has 5 nitrogen and oxygen atoms in total. The maximum Gasteiger partial charge on any atom is 0.125 e. The summed E-state index contributed by atoms with van der Waals surface area (Å²) < 4.78 is 7.89. The topological polar surface area (TPSA) is 66.0 Å². The molecular weight excluding hydrogens is 276 g/mol. The zero-order valence-electron chi connectivity index (χ0n) is 12.7. The molecule has 0 radical (unpaired) electrons. The highest BCUT2D eigenvalue weighted by atomic mass is 16.5. The number of nitrogens with two attached hydrogens (primary N) is 1. The largest absolute Gasteiger partial charge is 0.493 e. The van der Waals surface area contributed by atoms with Crippen LogP contribution in [0.25, 0.3) is 11.0 Å². The number of pyridine rings is 1. The van der Waals surface area contributed by atoms with Crippen LogP contribution >= 0.6 is 0 Å². The molecule has 1 aromatic carbocycles. The summed E-state index contributed by atoms with van der Waals surface area (Å²) in [6.07, 6.45) is 4.50. The summed E-state index contributed by atoms with van der Waals surface area (Å²) in [5.74, 6) is 0.878. The average molecular weight is 296 g/mol. The van der Waals surface area contributed by atoms with Gasteiger partial charge in [0.05, 0.1) is 36.2 Å². The molecule has 0 saturated carbocycles. The van der Waals surface area contributed by atoms with Crippen LogP contribution in [-0.2, 0) is 6.54 Å². The molecule has 0 fully saturated rings. The van der Waals surface area contributed by atoms with Crippen LogP contribution in [0.3, 0.4) is 0 Å². The van der Waals surface area contributed by atoms with Crippen molar-refractivity contribution in [1.29, 1.82) is 0 Å². The van der Waals surface area contributed by atoms with E-state index in [-0.39, 0.29) is 0 Å². The Hall–Kier alpha value is -2.40. The maximum absolute atomic E-state index is 5.78. The molecule has 22 heavy (non-hydrogen) atoms. The summed E-state index contributed by atoms with van der Waals surface area (Å²) in [4.78, 5) is 8.91. The molecule has 0 saturated heterocycles. The van der Waals surface area contributed by atoms with E-state index in [4.69, 9.17) is 10.5 Å². The lowest BCUT2D eigenvalue weighted by Crippen LogP contribution is -2.08. The van der Waals surface area contributed by atoms with Gasteiger partial charge in [-0.15, -0.1) is 0 Å². The maximum atomic E-state index is 5.78. The lowest BCUT2D eigenvalue weighted by Gasteiger charge is -2.12. The molecule has 0 unspecified atom stereocenters. The Morgan fingerprint density at radius 3 is 2.91 bits per heavy atom. The Balaban J connectivity index is 1.84. The van der Waals surface area contributed by atoms with Crippen LogP contribution in [0.1, 0.15) is 17.7 Å². The standard InChI is InChI=1S/C17H20N4O/c1-13-15(19-9-7-17(13)22-10-4-8-18)11-21-12-20-14-5-2-3-6-16(14)21/h2-3,5-7,9,12H,4,8,10-11,18H2,1H3. The fourth-order valence-electron chi connectivity index (χ4n) is 2.44. The van der Waals surface area contributed by atoms with Crippen LogP contribution in [-0.4, -0.2) is 27.7 Å². The Morgan fingerprint density at radius 2 is 2.05 bits per heavy atom. The van der Waals surface area contributed by atoms with Gasteiger partial charge in [0, 0.05) is 11.8 Å². The van der Waals surface area contributed by atoms with Crippen molar-refractivity contribution in [3.8, 4) is 5.75 Å². The third kappa shape index (κ3) is 2.94. The average Bonchev–Trinajstić information content (AvgIpc) is 2.94. The molecule has 2 N–H and O–H groups in total. The molecule has 2 heterocycles. The number of aromatic nitrogens is 3. The minimum absolute atomic E-state index is 0.634. The van der Waals surface area contributed by atoms with E-state index >= 15 is 0 Å². The second-order valence-electron chi connectivity index (χ2n) is 5.23. The van der Waals surface area contributed by atoms with Crippen molar-refractivity contribution in [2.45, 2.75) is 19.9 Å². The van der Waals surface area contributed by atoms with Gasteiger partial charge in [-0.1, -0.05) is 12.1 Å². The van der Waals surface area contributed by atoms with E-state index in [1.165, 1.54) is 0 Å². The predicted octanol–water partition coefficient (Wildman–Crippen LogP) is 2.52. The van der Waals surface area contributed by atoms with E-state index in [0.29, 0.717) is 19.7 Å².